The van der Waals surface area contributed by atoms with Gasteiger partial charge in [0.25, 0.3) is 0 Å². The predicted molar refractivity (Wildman–Crippen MR) is 76.4 cm³/mol. The lowest BCUT2D eigenvalue weighted by molar-refractivity contribution is -0.189. The van der Waals surface area contributed by atoms with Gasteiger partial charge in [0.15, 0.2) is 0 Å². The van der Waals surface area contributed by atoms with Gasteiger partial charge in [0.1, 0.15) is 3.92 Å². The van der Waals surface area contributed by atoms with E-state index in [0.29, 0.717) is 11.8 Å². The SMILES string of the molecule is CCC(I)C(=O)OC1OCC2C3CCC(C3)C12C. The summed E-state index contributed by atoms with van der Waals surface area (Å²) in [6.07, 6.45) is 4.47. The van der Waals surface area contributed by atoms with E-state index in [0.717, 1.165) is 18.9 Å². The van der Waals surface area contributed by atoms with E-state index >= 15 is 0 Å². The first-order valence-corrected chi connectivity index (χ1v) is 8.28. The first-order valence-electron chi connectivity index (χ1n) is 7.03. The zero-order valence-corrected chi connectivity index (χ0v) is 13.2. The number of carbonyl (C=O) groups is 1. The molecular weight excluding hydrogens is 343 g/mol. The van der Waals surface area contributed by atoms with Crippen molar-refractivity contribution in [2.75, 3.05) is 6.61 Å². The fraction of sp³-hybridized carbons (Fsp3) is 0.929. The summed E-state index contributed by atoms with van der Waals surface area (Å²) in [7, 11) is 0. The summed E-state index contributed by atoms with van der Waals surface area (Å²) in [5.74, 6) is 2.02. The summed E-state index contributed by atoms with van der Waals surface area (Å²) in [6, 6.07) is 0. The molecule has 0 aromatic heterocycles. The zero-order chi connectivity index (χ0) is 12.9. The minimum Gasteiger partial charge on any atom is -0.434 e. The van der Waals surface area contributed by atoms with Crippen LogP contribution in [-0.4, -0.2) is 22.8 Å². The van der Waals surface area contributed by atoms with E-state index in [2.05, 4.69) is 29.5 Å². The van der Waals surface area contributed by atoms with Gasteiger partial charge in [0, 0.05) is 5.41 Å². The Balaban J connectivity index is 1.73. The molecule has 102 valence electrons. The molecule has 2 saturated carbocycles. The maximum atomic E-state index is 12.0. The highest BCUT2D eigenvalue weighted by molar-refractivity contribution is 14.1. The monoisotopic (exact) mass is 364 g/mol. The van der Waals surface area contributed by atoms with Gasteiger partial charge in [-0.15, -0.1) is 0 Å². The molecule has 0 N–H and O–H groups in total. The highest BCUT2D eigenvalue weighted by Gasteiger charge is 2.64. The Hall–Kier alpha value is 0.160. The zero-order valence-electron chi connectivity index (χ0n) is 11.0. The molecule has 1 aliphatic heterocycles. The third-order valence-electron chi connectivity index (χ3n) is 5.49. The van der Waals surface area contributed by atoms with Crippen molar-refractivity contribution in [3.05, 3.63) is 0 Å². The lowest BCUT2D eigenvalue weighted by Crippen LogP contribution is -2.41. The Morgan fingerprint density at radius 3 is 3.06 bits per heavy atom. The van der Waals surface area contributed by atoms with Crippen molar-refractivity contribution >= 4 is 28.6 Å². The molecule has 6 unspecified atom stereocenters. The number of rotatable bonds is 3. The minimum absolute atomic E-state index is 0.0487. The van der Waals surface area contributed by atoms with Gasteiger partial charge < -0.3 is 9.47 Å². The molecule has 0 aromatic rings. The van der Waals surface area contributed by atoms with Crippen molar-refractivity contribution in [1.82, 2.24) is 0 Å². The molecule has 0 spiro atoms. The molecular formula is C14H21IO3. The quantitative estimate of drug-likeness (QED) is 0.439. The average molecular weight is 364 g/mol. The van der Waals surface area contributed by atoms with Crippen LogP contribution in [0.4, 0.5) is 0 Å². The van der Waals surface area contributed by atoms with Crippen molar-refractivity contribution in [2.24, 2.45) is 23.2 Å². The summed E-state index contributed by atoms with van der Waals surface area (Å²) < 4.78 is 11.4. The second-order valence-corrected chi connectivity index (χ2v) is 7.72. The average Bonchev–Trinajstić information content (AvgIpc) is 3.01. The summed E-state index contributed by atoms with van der Waals surface area (Å²) in [5.41, 5.74) is 0.0860. The van der Waals surface area contributed by atoms with Crippen LogP contribution in [0.15, 0.2) is 0 Å². The van der Waals surface area contributed by atoms with Crippen LogP contribution in [0.25, 0.3) is 0 Å². The number of fused-ring (bicyclic) bond motifs is 5. The van der Waals surface area contributed by atoms with E-state index in [1.54, 1.807) is 0 Å². The minimum atomic E-state index is -0.297. The summed E-state index contributed by atoms with van der Waals surface area (Å²) in [6.45, 7) is 5.07. The van der Waals surface area contributed by atoms with Gasteiger partial charge in [-0.05, 0) is 43.4 Å². The van der Waals surface area contributed by atoms with E-state index in [1.165, 1.54) is 19.3 Å². The van der Waals surface area contributed by atoms with E-state index < -0.39 is 0 Å². The number of alkyl halides is 1. The van der Waals surface area contributed by atoms with Crippen LogP contribution in [0, 0.1) is 23.2 Å². The lowest BCUT2D eigenvalue weighted by Gasteiger charge is -2.37. The third kappa shape index (κ3) is 1.74. The Labute approximate surface area is 122 Å². The van der Waals surface area contributed by atoms with Crippen LogP contribution in [-0.2, 0) is 14.3 Å². The van der Waals surface area contributed by atoms with Crippen molar-refractivity contribution in [3.63, 3.8) is 0 Å². The number of halogens is 1. The van der Waals surface area contributed by atoms with E-state index in [4.69, 9.17) is 9.47 Å². The van der Waals surface area contributed by atoms with Crippen LogP contribution >= 0.6 is 22.6 Å². The van der Waals surface area contributed by atoms with Crippen molar-refractivity contribution in [2.45, 2.75) is 49.7 Å². The highest BCUT2D eigenvalue weighted by Crippen LogP contribution is 2.64. The Morgan fingerprint density at radius 1 is 1.56 bits per heavy atom. The third-order valence-corrected chi connectivity index (χ3v) is 6.88. The van der Waals surface area contributed by atoms with Crippen LogP contribution in [0.1, 0.15) is 39.5 Å². The molecule has 3 rings (SSSR count). The van der Waals surface area contributed by atoms with Gasteiger partial charge in [-0.2, -0.15) is 0 Å². The second-order valence-electron chi connectivity index (χ2n) is 6.22. The van der Waals surface area contributed by atoms with Crippen LogP contribution in [0.3, 0.4) is 0 Å². The Kier molecular flexibility index (Phi) is 3.37. The molecule has 0 aromatic carbocycles. The second kappa shape index (κ2) is 4.62. The maximum Gasteiger partial charge on any atom is 0.321 e. The van der Waals surface area contributed by atoms with Gasteiger partial charge in [-0.1, -0.05) is 36.4 Å². The summed E-state index contributed by atoms with van der Waals surface area (Å²) >= 11 is 2.16. The van der Waals surface area contributed by atoms with E-state index in [9.17, 15) is 4.79 Å². The van der Waals surface area contributed by atoms with Crippen LogP contribution in [0.2, 0.25) is 0 Å². The largest absolute Gasteiger partial charge is 0.434 e. The molecule has 4 heteroatoms. The molecule has 6 atom stereocenters. The smallest absolute Gasteiger partial charge is 0.321 e. The van der Waals surface area contributed by atoms with Gasteiger partial charge in [0.05, 0.1) is 6.61 Å². The maximum absolute atomic E-state index is 12.0. The molecule has 0 amide bonds. The fourth-order valence-corrected chi connectivity index (χ4v) is 4.46. The standard InChI is InChI=1S/C14H21IO3/c1-3-11(15)12(16)18-13-14(2)9-5-4-8(6-9)10(14)7-17-13/h8-11,13H,3-7H2,1-2H3. The van der Waals surface area contributed by atoms with Crippen molar-refractivity contribution in [3.8, 4) is 0 Å². The van der Waals surface area contributed by atoms with Gasteiger partial charge in [-0.25, -0.2) is 0 Å². The molecule has 1 saturated heterocycles. The van der Waals surface area contributed by atoms with Crippen molar-refractivity contribution < 1.29 is 14.3 Å². The summed E-state index contributed by atoms with van der Waals surface area (Å²) in [5, 5.41) is 0. The summed E-state index contributed by atoms with van der Waals surface area (Å²) in [4.78, 5) is 12.0. The Morgan fingerprint density at radius 2 is 2.33 bits per heavy atom. The lowest BCUT2D eigenvalue weighted by atomic mass is 9.68. The topological polar surface area (TPSA) is 35.5 Å². The Bertz CT molecular complexity index is 359. The number of esters is 1. The first kappa shape index (κ1) is 13.2. The van der Waals surface area contributed by atoms with E-state index in [1.807, 2.05) is 6.92 Å². The van der Waals surface area contributed by atoms with Gasteiger partial charge in [0.2, 0.25) is 6.29 Å². The molecule has 18 heavy (non-hydrogen) atoms. The first-order chi connectivity index (χ1) is 8.57. The molecule has 1 heterocycles. The molecule has 3 fully saturated rings. The molecule has 0 radical (unpaired) electrons. The number of hydrogen-bond acceptors (Lipinski definition) is 3. The van der Waals surface area contributed by atoms with Gasteiger partial charge >= 0.3 is 5.97 Å². The predicted octanol–water partition coefficient (Wildman–Crippen LogP) is 3.15. The number of carbonyl (C=O) groups excluding carboxylic acids is 1. The molecule has 2 bridgehead atoms. The highest BCUT2D eigenvalue weighted by atomic mass is 127. The number of ether oxygens (including phenoxy) is 2. The molecule has 2 aliphatic carbocycles. The van der Waals surface area contributed by atoms with E-state index in [-0.39, 0.29) is 21.6 Å². The number of hydrogen-bond donors (Lipinski definition) is 0. The van der Waals surface area contributed by atoms with Crippen LogP contribution < -0.4 is 0 Å². The molecule has 3 aliphatic rings. The van der Waals surface area contributed by atoms with Gasteiger partial charge in [-0.3, -0.25) is 4.79 Å². The van der Waals surface area contributed by atoms with Crippen molar-refractivity contribution in [1.29, 1.82) is 0 Å². The van der Waals surface area contributed by atoms with Crippen LogP contribution in [0.5, 0.6) is 0 Å². The fourth-order valence-electron chi connectivity index (χ4n) is 4.32. The normalized spacial score (nSPS) is 47.1. The molecule has 3 nitrogen and oxygen atoms in total.